The van der Waals surface area contributed by atoms with Gasteiger partial charge in [0, 0.05) is 0 Å². The molecule has 1 atom stereocenters. The molecule has 0 nitrogen and oxygen atoms in total. The van der Waals surface area contributed by atoms with E-state index in [2.05, 4.69) is 43.7 Å². The molecule has 66 valence electrons. The summed E-state index contributed by atoms with van der Waals surface area (Å²) in [6, 6.07) is 2.34. The van der Waals surface area contributed by atoms with Gasteiger partial charge in [-0.25, -0.2) is 0 Å². The topological polar surface area (TPSA) is 0 Å². The Kier molecular flexibility index (Phi) is 2.04. The second kappa shape index (κ2) is 3.06. The van der Waals surface area contributed by atoms with Crippen molar-refractivity contribution in [2.45, 2.75) is 19.1 Å². The molecule has 2 heterocycles. The van der Waals surface area contributed by atoms with E-state index in [1.165, 1.54) is 19.5 Å². The molecule has 0 saturated heterocycles. The molecule has 3 rings (SSSR count). The molecule has 1 aliphatic heterocycles. The summed E-state index contributed by atoms with van der Waals surface area (Å²) in [7, 11) is 0. The van der Waals surface area contributed by atoms with Crippen LogP contribution in [0.3, 0.4) is 0 Å². The van der Waals surface area contributed by atoms with Crippen LogP contribution in [0.15, 0.2) is 17.0 Å². The van der Waals surface area contributed by atoms with Crippen LogP contribution in [0.1, 0.15) is 11.8 Å². The average Bonchev–Trinajstić information content (AvgIpc) is 2.71. The second-order valence-electron chi connectivity index (χ2n) is 3.99. The van der Waals surface area contributed by atoms with Crippen molar-refractivity contribution in [1.29, 1.82) is 0 Å². The zero-order valence-corrected chi connectivity index (χ0v) is 10.2. The van der Waals surface area contributed by atoms with Crippen LogP contribution in [0.5, 0.6) is 0 Å². The van der Waals surface area contributed by atoms with Crippen molar-refractivity contribution in [2.75, 3.05) is 0 Å². The molecule has 3 heteroatoms. The normalized spacial score (nSPS) is 24.0. The fraction of sp³-hybridized carbons (Fsp3) is 0.273. The minimum absolute atomic E-state index is 0.636. The Morgan fingerprint density at radius 2 is 2.14 bits per heavy atom. The molecule has 1 aromatic heterocycles. The average molecular weight is 212 g/mol. The van der Waals surface area contributed by atoms with E-state index in [0.717, 1.165) is 0 Å². The Morgan fingerprint density at radius 3 is 2.93 bits per heavy atom. The van der Waals surface area contributed by atoms with Crippen molar-refractivity contribution in [3.63, 3.8) is 0 Å². The zero-order chi connectivity index (χ0) is 9.87. The van der Waals surface area contributed by atoms with E-state index < -0.39 is 0 Å². The molecule has 1 aromatic rings. The Bertz CT molecular complexity index is 563. The van der Waals surface area contributed by atoms with E-state index in [1.807, 2.05) is 23.1 Å². The molecule has 1 unspecified atom stereocenters. The van der Waals surface area contributed by atoms with Gasteiger partial charge in [0.25, 0.3) is 0 Å². The molecule has 1 aliphatic carbocycles. The van der Waals surface area contributed by atoms with Gasteiger partial charge in [-0.15, -0.1) is 0 Å². The first-order valence-electron chi connectivity index (χ1n) is 4.83. The zero-order valence-electron chi connectivity index (χ0n) is 8.55. The summed E-state index contributed by atoms with van der Waals surface area (Å²) < 4.78 is 3.09. The Labute approximate surface area is 101 Å². The number of thioether (sulfide) groups is 1. The molecule has 0 saturated carbocycles. The van der Waals surface area contributed by atoms with Crippen molar-refractivity contribution >= 4 is 50.6 Å². The van der Waals surface area contributed by atoms with Crippen LogP contribution >= 0.6 is 23.1 Å². The summed E-state index contributed by atoms with van der Waals surface area (Å²) in [5, 5.41) is 2.14. The maximum absolute atomic E-state index is 2.36. The van der Waals surface area contributed by atoms with Gasteiger partial charge in [0.1, 0.15) is 0 Å². The standard InChI is InChI=1S/C11H9S2.Li/c1-6-3-8-9-4-7(2)13-11(9)5-10(8)12-6;/h3-4,10H,1-2H3;. The van der Waals surface area contributed by atoms with E-state index in [9.17, 15) is 0 Å². The predicted molar refractivity (Wildman–Crippen MR) is 66.0 cm³/mol. The molecule has 0 N–H and O–H groups in total. The Hall–Kier alpha value is 0.127. The number of rotatable bonds is 0. The number of fused-ring (bicyclic) bond motifs is 2. The van der Waals surface area contributed by atoms with Crippen LogP contribution in [0.25, 0.3) is 9.82 Å². The fourth-order valence-electron chi connectivity index (χ4n) is 2.26. The Balaban J connectivity index is 2.43. The van der Waals surface area contributed by atoms with E-state index in [4.69, 9.17) is 0 Å². The van der Waals surface area contributed by atoms with Gasteiger partial charge in [0.15, 0.2) is 0 Å². The molecule has 0 amide bonds. The first-order chi connectivity index (χ1) is 6.66. The maximum atomic E-state index is 2.36. The number of hydrogen-bond acceptors (Lipinski definition) is 2. The number of thiophene rings is 1. The van der Waals surface area contributed by atoms with Crippen LogP contribution < -0.4 is 9.75 Å². The summed E-state index contributed by atoms with van der Waals surface area (Å²) in [4.78, 5) is 2.89. The fourth-order valence-corrected chi connectivity index (χ4v) is 4.58. The molecule has 2 aliphatic rings. The summed E-state index contributed by atoms with van der Waals surface area (Å²) in [5.74, 6) is 0. The quantitative estimate of drug-likeness (QED) is 0.587. The molecule has 0 aromatic carbocycles. The Morgan fingerprint density at radius 1 is 1.36 bits per heavy atom. The van der Waals surface area contributed by atoms with Crippen LogP contribution in [0.2, 0.25) is 0 Å². The van der Waals surface area contributed by atoms with Crippen molar-refractivity contribution in [1.82, 2.24) is 0 Å². The first-order valence-corrected chi connectivity index (χ1v) is 6.53. The van der Waals surface area contributed by atoms with E-state index >= 15 is 0 Å². The van der Waals surface area contributed by atoms with Crippen LogP contribution in [-0.4, -0.2) is 23.0 Å². The third-order valence-corrected chi connectivity index (χ3v) is 5.38. The van der Waals surface area contributed by atoms with Crippen LogP contribution in [-0.2, 0) is 0 Å². The molecular weight excluding hydrogens is 203 g/mol. The van der Waals surface area contributed by atoms with E-state index in [0.29, 0.717) is 5.25 Å². The molecule has 0 fully saturated rings. The molecule has 0 bridgehead atoms. The van der Waals surface area contributed by atoms with Gasteiger partial charge in [-0.2, -0.15) is 0 Å². The first kappa shape index (κ1) is 9.36. The number of allylic oxidation sites excluding steroid dienone is 2. The monoisotopic (exact) mass is 212 g/mol. The summed E-state index contributed by atoms with van der Waals surface area (Å²) in [6.07, 6.45) is 2.36. The summed E-state index contributed by atoms with van der Waals surface area (Å²) in [6.45, 7) is 4.41. The molecule has 0 spiro atoms. The van der Waals surface area contributed by atoms with E-state index in [-0.39, 0.29) is 0 Å². The van der Waals surface area contributed by atoms with Gasteiger partial charge in [0.2, 0.25) is 0 Å². The van der Waals surface area contributed by atoms with Crippen molar-refractivity contribution in [3.8, 4) is 0 Å². The minimum atomic E-state index is 0.636. The van der Waals surface area contributed by atoms with Crippen molar-refractivity contribution in [2.24, 2.45) is 0 Å². The van der Waals surface area contributed by atoms with Gasteiger partial charge >= 0.3 is 101 Å². The predicted octanol–water partition coefficient (Wildman–Crippen LogP) is 1.52. The van der Waals surface area contributed by atoms with E-state index in [1.54, 1.807) is 9.82 Å². The number of hydrogen-bond donors (Lipinski definition) is 0. The van der Waals surface area contributed by atoms with Crippen molar-refractivity contribution < 1.29 is 0 Å². The third-order valence-electron chi connectivity index (χ3n) is 2.86. The van der Waals surface area contributed by atoms with Gasteiger partial charge in [-0.05, 0) is 0 Å². The molecular formula is C11H9LiS2. The van der Waals surface area contributed by atoms with Gasteiger partial charge < -0.3 is 0 Å². The van der Waals surface area contributed by atoms with Gasteiger partial charge in [-0.1, -0.05) is 0 Å². The van der Waals surface area contributed by atoms with Crippen LogP contribution in [0.4, 0.5) is 0 Å². The van der Waals surface area contributed by atoms with Crippen LogP contribution in [0, 0.1) is 6.92 Å². The SMILES string of the molecule is [Li][C]1=c2sc(C)cc2=C2C=C(C)SC21. The summed E-state index contributed by atoms with van der Waals surface area (Å²) in [5.41, 5.74) is 1.55. The van der Waals surface area contributed by atoms with Crippen molar-refractivity contribution in [3.05, 3.63) is 31.7 Å². The third kappa shape index (κ3) is 1.15. The summed E-state index contributed by atoms with van der Waals surface area (Å²) >= 11 is 6.23. The molecule has 0 radical (unpaired) electrons. The second-order valence-corrected chi connectivity index (χ2v) is 6.60. The molecule has 14 heavy (non-hydrogen) atoms. The van der Waals surface area contributed by atoms with Gasteiger partial charge in [-0.3, -0.25) is 0 Å². The number of aryl methyl sites for hydroxylation is 1. The van der Waals surface area contributed by atoms with Gasteiger partial charge in [0.05, 0.1) is 0 Å².